The van der Waals surface area contributed by atoms with Crippen LogP contribution >= 0.6 is 0 Å². The van der Waals surface area contributed by atoms with Crippen LogP contribution in [0.25, 0.3) is 0 Å². The van der Waals surface area contributed by atoms with E-state index in [9.17, 15) is 0 Å². The summed E-state index contributed by atoms with van der Waals surface area (Å²) in [6.45, 7) is 4.38. The Labute approximate surface area is 73.2 Å². The number of hydrogen-bond donors (Lipinski definition) is 1. The molecule has 1 fully saturated rings. The summed E-state index contributed by atoms with van der Waals surface area (Å²) in [6.07, 6.45) is 1.24. The van der Waals surface area contributed by atoms with Crippen LogP contribution in [0.2, 0.25) is 0 Å². The molecule has 64 valence electrons. The normalized spacial score (nSPS) is 16.9. The van der Waals surface area contributed by atoms with Gasteiger partial charge in [-0.05, 0) is 25.0 Å². The zero-order chi connectivity index (χ0) is 8.39. The highest BCUT2D eigenvalue weighted by Gasteiger charge is 2.12. The van der Waals surface area contributed by atoms with Crippen LogP contribution in [0.4, 0.5) is 5.69 Å². The quantitative estimate of drug-likeness (QED) is 0.676. The summed E-state index contributed by atoms with van der Waals surface area (Å²) in [7, 11) is 0. The smallest absolute Gasteiger partial charge is 0.0548 e. The van der Waals surface area contributed by atoms with Gasteiger partial charge in [0.2, 0.25) is 0 Å². The second-order valence-corrected chi connectivity index (χ2v) is 3.20. The minimum absolute atomic E-state index is 1.11. The summed E-state index contributed by atoms with van der Waals surface area (Å²) in [5, 5.41) is 2.23. The average molecular weight is 162 g/mol. The van der Waals surface area contributed by atoms with Crippen molar-refractivity contribution in [2.24, 2.45) is 0 Å². The van der Waals surface area contributed by atoms with Crippen LogP contribution in [0.3, 0.4) is 0 Å². The number of aryl methyl sites for hydroxylation is 1. The maximum absolute atomic E-state index is 3.35. The predicted molar refractivity (Wildman–Crippen MR) is 51.1 cm³/mol. The van der Waals surface area contributed by atoms with Crippen LogP contribution < -0.4 is 10.4 Å². The predicted octanol–water partition coefficient (Wildman–Crippen LogP) is 1.71. The molecule has 0 atom stereocenters. The highest BCUT2D eigenvalue weighted by molar-refractivity contribution is 5.52. The van der Waals surface area contributed by atoms with Gasteiger partial charge in [0.05, 0.1) is 5.69 Å². The van der Waals surface area contributed by atoms with E-state index >= 15 is 0 Å². The molecule has 0 aliphatic carbocycles. The summed E-state index contributed by atoms with van der Waals surface area (Å²) in [5.74, 6) is 0. The fourth-order valence-electron chi connectivity index (χ4n) is 1.60. The van der Waals surface area contributed by atoms with Crippen molar-refractivity contribution >= 4 is 5.69 Å². The number of rotatable bonds is 1. The van der Waals surface area contributed by atoms with Gasteiger partial charge in [-0.2, -0.15) is 0 Å². The van der Waals surface area contributed by atoms with Crippen molar-refractivity contribution in [1.29, 1.82) is 0 Å². The van der Waals surface area contributed by atoms with Crippen molar-refractivity contribution in [2.75, 3.05) is 18.1 Å². The summed E-state index contributed by atoms with van der Waals surface area (Å²) < 4.78 is 0. The van der Waals surface area contributed by atoms with Gasteiger partial charge in [0.1, 0.15) is 0 Å². The Bertz CT molecular complexity index is 264. The first-order valence-electron chi connectivity index (χ1n) is 4.44. The molecular formula is C10H14N2. The summed E-state index contributed by atoms with van der Waals surface area (Å²) >= 11 is 0. The lowest BCUT2D eigenvalue weighted by molar-refractivity contribution is 0.784. The van der Waals surface area contributed by atoms with E-state index in [2.05, 4.69) is 41.6 Å². The molecule has 0 amide bonds. The van der Waals surface area contributed by atoms with E-state index in [1.165, 1.54) is 17.7 Å². The first-order chi connectivity index (χ1) is 5.88. The van der Waals surface area contributed by atoms with E-state index in [4.69, 9.17) is 0 Å². The number of nitrogens with one attached hydrogen (secondary N) is 1. The summed E-state index contributed by atoms with van der Waals surface area (Å²) in [4.78, 5) is 0. The number of para-hydroxylation sites is 1. The van der Waals surface area contributed by atoms with Gasteiger partial charge in [-0.1, -0.05) is 18.2 Å². The Morgan fingerprint density at radius 2 is 2.17 bits per heavy atom. The van der Waals surface area contributed by atoms with Gasteiger partial charge in [0.25, 0.3) is 0 Å². The second kappa shape index (κ2) is 3.15. The Morgan fingerprint density at radius 1 is 1.33 bits per heavy atom. The second-order valence-electron chi connectivity index (χ2n) is 3.20. The fraction of sp³-hybridized carbons (Fsp3) is 0.400. The third-order valence-electron chi connectivity index (χ3n) is 2.27. The van der Waals surface area contributed by atoms with Crippen molar-refractivity contribution in [1.82, 2.24) is 5.43 Å². The topological polar surface area (TPSA) is 15.3 Å². The molecular weight excluding hydrogens is 148 g/mol. The van der Waals surface area contributed by atoms with Crippen LogP contribution in [0.5, 0.6) is 0 Å². The van der Waals surface area contributed by atoms with Crippen molar-refractivity contribution in [3.63, 3.8) is 0 Å². The third kappa shape index (κ3) is 1.30. The standard InChI is InChI=1S/C10H14N2/c1-9-5-2-3-6-10(9)12-8-4-7-11-12/h2-3,5-6,11H,4,7-8H2,1H3. The lowest BCUT2D eigenvalue weighted by atomic mass is 10.2. The minimum Gasteiger partial charge on any atom is -0.308 e. The van der Waals surface area contributed by atoms with E-state index in [-0.39, 0.29) is 0 Å². The monoisotopic (exact) mass is 162 g/mol. The third-order valence-corrected chi connectivity index (χ3v) is 2.27. The number of benzene rings is 1. The molecule has 1 saturated heterocycles. The first-order valence-corrected chi connectivity index (χ1v) is 4.44. The molecule has 0 radical (unpaired) electrons. The van der Waals surface area contributed by atoms with Gasteiger partial charge in [-0.25, -0.2) is 5.43 Å². The van der Waals surface area contributed by atoms with Crippen LogP contribution in [-0.2, 0) is 0 Å². The first kappa shape index (κ1) is 7.62. The zero-order valence-electron chi connectivity index (χ0n) is 7.38. The van der Waals surface area contributed by atoms with Crippen molar-refractivity contribution < 1.29 is 0 Å². The van der Waals surface area contributed by atoms with E-state index in [0.717, 1.165) is 13.1 Å². The molecule has 0 saturated carbocycles. The summed E-state index contributed by atoms with van der Waals surface area (Å²) in [5.41, 5.74) is 6.00. The Kier molecular flexibility index (Phi) is 2.00. The number of hydrogen-bond acceptors (Lipinski definition) is 2. The van der Waals surface area contributed by atoms with E-state index < -0.39 is 0 Å². The molecule has 0 aromatic heterocycles. The van der Waals surface area contributed by atoms with Gasteiger partial charge in [-0.3, -0.25) is 0 Å². The SMILES string of the molecule is Cc1ccccc1N1CCCN1. The lowest BCUT2D eigenvalue weighted by Gasteiger charge is -2.19. The Hall–Kier alpha value is -1.02. The van der Waals surface area contributed by atoms with E-state index in [1.807, 2.05) is 0 Å². The number of hydrazine groups is 1. The molecule has 1 aliphatic heterocycles. The molecule has 2 rings (SSSR count). The van der Waals surface area contributed by atoms with Crippen LogP contribution in [0.15, 0.2) is 24.3 Å². The van der Waals surface area contributed by atoms with Crippen molar-refractivity contribution in [2.45, 2.75) is 13.3 Å². The molecule has 1 N–H and O–H groups in total. The minimum atomic E-state index is 1.11. The average Bonchev–Trinajstić information content (AvgIpc) is 2.57. The maximum Gasteiger partial charge on any atom is 0.0548 e. The zero-order valence-corrected chi connectivity index (χ0v) is 7.38. The van der Waals surface area contributed by atoms with E-state index in [0.29, 0.717) is 0 Å². The van der Waals surface area contributed by atoms with Crippen molar-refractivity contribution in [3.05, 3.63) is 29.8 Å². The van der Waals surface area contributed by atoms with Crippen LogP contribution in [0, 0.1) is 6.92 Å². The molecule has 2 heteroatoms. The molecule has 12 heavy (non-hydrogen) atoms. The van der Waals surface area contributed by atoms with Crippen molar-refractivity contribution in [3.8, 4) is 0 Å². The molecule has 0 spiro atoms. The molecule has 1 aromatic rings. The highest BCUT2D eigenvalue weighted by Crippen LogP contribution is 2.19. The molecule has 2 nitrogen and oxygen atoms in total. The van der Waals surface area contributed by atoms with Crippen LogP contribution in [0.1, 0.15) is 12.0 Å². The maximum atomic E-state index is 3.35. The van der Waals surface area contributed by atoms with Gasteiger partial charge in [-0.15, -0.1) is 0 Å². The summed E-state index contributed by atoms with van der Waals surface area (Å²) in [6, 6.07) is 8.47. The highest BCUT2D eigenvalue weighted by atomic mass is 15.5. The fourth-order valence-corrected chi connectivity index (χ4v) is 1.60. The largest absolute Gasteiger partial charge is 0.308 e. The molecule has 0 unspecified atom stereocenters. The van der Waals surface area contributed by atoms with E-state index in [1.54, 1.807) is 0 Å². The van der Waals surface area contributed by atoms with Gasteiger partial charge < -0.3 is 5.01 Å². The molecule has 0 bridgehead atoms. The number of anilines is 1. The molecule has 1 heterocycles. The molecule has 1 aliphatic rings. The van der Waals surface area contributed by atoms with Gasteiger partial charge in [0.15, 0.2) is 0 Å². The van der Waals surface area contributed by atoms with Gasteiger partial charge >= 0.3 is 0 Å². The lowest BCUT2D eigenvalue weighted by Crippen LogP contribution is -2.30. The Morgan fingerprint density at radius 3 is 2.83 bits per heavy atom. The van der Waals surface area contributed by atoms with Gasteiger partial charge in [0, 0.05) is 13.1 Å². The van der Waals surface area contributed by atoms with Crippen LogP contribution in [-0.4, -0.2) is 13.1 Å². The Balaban J connectivity index is 2.26. The number of nitrogens with zero attached hydrogens (tertiary/aromatic N) is 1. The molecule has 1 aromatic carbocycles.